The van der Waals surface area contributed by atoms with Gasteiger partial charge in [0.25, 0.3) is 0 Å². The van der Waals surface area contributed by atoms with E-state index in [1.165, 1.54) is 5.56 Å². The normalized spacial score (nSPS) is 10.8. The van der Waals surface area contributed by atoms with Crippen LogP contribution < -0.4 is 10.1 Å². The molecule has 2 aromatic rings. The van der Waals surface area contributed by atoms with E-state index >= 15 is 0 Å². The van der Waals surface area contributed by atoms with E-state index < -0.39 is 0 Å². The highest BCUT2D eigenvalue weighted by molar-refractivity contribution is 5.30. The van der Waals surface area contributed by atoms with Crippen molar-refractivity contribution in [1.82, 2.24) is 10.3 Å². The van der Waals surface area contributed by atoms with E-state index in [9.17, 15) is 0 Å². The summed E-state index contributed by atoms with van der Waals surface area (Å²) in [6.45, 7) is 8.29. The first-order valence-electron chi connectivity index (χ1n) is 7.05. The Balaban J connectivity index is 1.98. The lowest BCUT2D eigenvalue weighted by molar-refractivity contribution is 0.460. The first kappa shape index (κ1) is 14.5. The molecule has 0 saturated heterocycles. The molecule has 3 nitrogen and oxygen atoms in total. The zero-order valence-electron chi connectivity index (χ0n) is 12.4. The fourth-order valence-corrected chi connectivity index (χ4v) is 1.92. The molecule has 20 heavy (non-hydrogen) atoms. The van der Waals surface area contributed by atoms with Crippen molar-refractivity contribution < 1.29 is 4.74 Å². The highest BCUT2D eigenvalue weighted by Gasteiger charge is 2.04. The predicted molar refractivity (Wildman–Crippen MR) is 82.0 cm³/mol. The van der Waals surface area contributed by atoms with Crippen molar-refractivity contribution in [3.05, 3.63) is 53.7 Å². The Morgan fingerprint density at radius 3 is 2.50 bits per heavy atom. The van der Waals surface area contributed by atoms with Crippen molar-refractivity contribution in [3.63, 3.8) is 0 Å². The molecule has 0 spiro atoms. The molecule has 3 heteroatoms. The smallest absolute Gasteiger partial charge is 0.219 e. The SMILES string of the molecule is Cc1nc(Oc2ccccc2)ccc1CNCC(C)C. The van der Waals surface area contributed by atoms with Crippen LogP contribution in [0.1, 0.15) is 25.1 Å². The standard InChI is InChI=1S/C17H22N2O/c1-13(2)11-18-12-15-9-10-17(19-14(15)3)20-16-7-5-4-6-8-16/h4-10,13,18H,11-12H2,1-3H3. The second-order valence-corrected chi connectivity index (χ2v) is 5.33. The number of aromatic nitrogens is 1. The average Bonchev–Trinajstić information content (AvgIpc) is 2.42. The number of para-hydroxylation sites is 1. The molecule has 0 radical (unpaired) electrons. The molecule has 1 N–H and O–H groups in total. The Morgan fingerprint density at radius 1 is 1.10 bits per heavy atom. The van der Waals surface area contributed by atoms with Crippen LogP contribution >= 0.6 is 0 Å². The average molecular weight is 270 g/mol. The van der Waals surface area contributed by atoms with Crippen LogP contribution in [-0.2, 0) is 6.54 Å². The van der Waals surface area contributed by atoms with E-state index in [1.54, 1.807) is 0 Å². The van der Waals surface area contributed by atoms with Gasteiger partial charge in [-0.3, -0.25) is 0 Å². The molecule has 106 valence electrons. The minimum absolute atomic E-state index is 0.640. The van der Waals surface area contributed by atoms with Gasteiger partial charge in [0.2, 0.25) is 5.88 Å². The molecule has 1 heterocycles. The maximum absolute atomic E-state index is 5.73. The summed E-state index contributed by atoms with van der Waals surface area (Å²) < 4.78 is 5.73. The predicted octanol–water partition coefficient (Wildman–Crippen LogP) is 3.93. The number of nitrogens with one attached hydrogen (secondary N) is 1. The number of nitrogens with zero attached hydrogens (tertiary/aromatic N) is 1. The van der Waals surface area contributed by atoms with Crippen LogP contribution in [-0.4, -0.2) is 11.5 Å². The number of ether oxygens (including phenoxy) is 1. The molecule has 0 fully saturated rings. The summed E-state index contributed by atoms with van der Waals surface area (Å²) in [4.78, 5) is 4.50. The quantitative estimate of drug-likeness (QED) is 0.863. The Hall–Kier alpha value is -1.87. The molecule has 0 unspecified atom stereocenters. The maximum atomic E-state index is 5.73. The summed E-state index contributed by atoms with van der Waals surface area (Å²) in [5.41, 5.74) is 2.22. The van der Waals surface area contributed by atoms with Gasteiger partial charge in [0.05, 0.1) is 0 Å². The Bertz CT molecular complexity index is 538. The van der Waals surface area contributed by atoms with E-state index in [0.29, 0.717) is 11.8 Å². The number of benzene rings is 1. The molecule has 0 aliphatic carbocycles. The molecule has 0 saturated carbocycles. The van der Waals surface area contributed by atoms with Crippen molar-refractivity contribution in [2.45, 2.75) is 27.3 Å². The molecule has 1 aromatic carbocycles. The summed E-state index contributed by atoms with van der Waals surface area (Å²) in [6, 6.07) is 13.7. The van der Waals surface area contributed by atoms with Crippen LogP contribution in [0.2, 0.25) is 0 Å². The van der Waals surface area contributed by atoms with Crippen LogP contribution in [0.25, 0.3) is 0 Å². The molecule has 2 rings (SSSR count). The van der Waals surface area contributed by atoms with Crippen LogP contribution in [0.15, 0.2) is 42.5 Å². The van der Waals surface area contributed by atoms with Crippen molar-refractivity contribution in [1.29, 1.82) is 0 Å². The van der Waals surface area contributed by atoms with Crippen LogP contribution in [0, 0.1) is 12.8 Å². The van der Waals surface area contributed by atoms with E-state index in [1.807, 2.05) is 43.3 Å². The summed E-state index contributed by atoms with van der Waals surface area (Å²) >= 11 is 0. The molecule has 0 aliphatic heterocycles. The summed E-state index contributed by atoms with van der Waals surface area (Å²) in [7, 11) is 0. The van der Waals surface area contributed by atoms with Gasteiger partial charge in [-0.2, -0.15) is 0 Å². The minimum Gasteiger partial charge on any atom is -0.439 e. The molecule has 0 bridgehead atoms. The highest BCUT2D eigenvalue weighted by Crippen LogP contribution is 2.20. The van der Waals surface area contributed by atoms with Gasteiger partial charge in [0, 0.05) is 18.3 Å². The fraction of sp³-hybridized carbons (Fsp3) is 0.353. The van der Waals surface area contributed by atoms with Crippen molar-refractivity contribution >= 4 is 0 Å². The first-order chi connectivity index (χ1) is 9.65. The Labute approximate surface area is 121 Å². The largest absolute Gasteiger partial charge is 0.439 e. The molecule has 0 aliphatic rings. The zero-order valence-corrected chi connectivity index (χ0v) is 12.4. The number of hydrogen-bond acceptors (Lipinski definition) is 3. The van der Waals surface area contributed by atoms with E-state index in [4.69, 9.17) is 4.74 Å². The fourth-order valence-electron chi connectivity index (χ4n) is 1.92. The minimum atomic E-state index is 0.640. The summed E-state index contributed by atoms with van der Waals surface area (Å²) in [5.74, 6) is 2.11. The molecular formula is C17H22N2O. The third kappa shape index (κ3) is 4.35. The van der Waals surface area contributed by atoms with Gasteiger partial charge in [0.15, 0.2) is 0 Å². The molecular weight excluding hydrogens is 248 g/mol. The lowest BCUT2D eigenvalue weighted by Gasteiger charge is -2.11. The Kier molecular flexibility index (Phi) is 5.13. The van der Waals surface area contributed by atoms with Crippen LogP contribution in [0.4, 0.5) is 0 Å². The van der Waals surface area contributed by atoms with Gasteiger partial charge in [-0.15, -0.1) is 0 Å². The zero-order chi connectivity index (χ0) is 14.4. The topological polar surface area (TPSA) is 34.1 Å². The van der Waals surface area contributed by atoms with Crippen LogP contribution in [0.3, 0.4) is 0 Å². The molecule has 0 amide bonds. The number of pyridine rings is 1. The second kappa shape index (κ2) is 7.06. The van der Waals surface area contributed by atoms with Gasteiger partial charge in [-0.1, -0.05) is 38.1 Å². The second-order valence-electron chi connectivity index (χ2n) is 5.33. The number of hydrogen-bond donors (Lipinski definition) is 1. The number of rotatable bonds is 6. The maximum Gasteiger partial charge on any atom is 0.219 e. The van der Waals surface area contributed by atoms with Gasteiger partial charge >= 0.3 is 0 Å². The first-order valence-corrected chi connectivity index (χ1v) is 7.05. The number of aryl methyl sites for hydroxylation is 1. The van der Waals surface area contributed by atoms with Gasteiger partial charge in [-0.25, -0.2) is 4.98 Å². The van der Waals surface area contributed by atoms with Gasteiger partial charge in [-0.05, 0) is 37.1 Å². The van der Waals surface area contributed by atoms with E-state index in [-0.39, 0.29) is 0 Å². The van der Waals surface area contributed by atoms with Gasteiger partial charge in [0.1, 0.15) is 5.75 Å². The van der Waals surface area contributed by atoms with Gasteiger partial charge < -0.3 is 10.1 Å². The lowest BCUT2D eigenvalue weighted by Crippen LogP contribution is -2.19. The highest BCUT2D eigenvalue weighted by atomic mass is 16.5. The van der Waals surface area contributed by atoms with Crippen LogP contribution in [0.5, 0.6) is 11.6 Å². The van der Waals surface area contributed by atoms with Crippen molar-refractivity contribution in [3.8, 4) is 11.6 Å². The van der Waals surface area contributed by atoms with Crippen molar-refractivity contribution in [2.75, 3.05) is 6.54 Å². The third-order valence-electron chi connectivity index (χ3n) is 3.00. The Morgan fingerprint density at radius 2 is 1.85 bits per heavy atom. The molecule has 1 aromatic heterocycles. The van der Waals surface area contributed by atoms with Crippen molar-refractivity contribution in [2.24, 2.45) is 5.92 Å². The molecule has 0 atom stereocenters. The summed E-state index contributed by atoms with van der Waals surface area (Å²) in [5, 5.41) is 3.43. The lowest BCUT2D eigenvalue weighted by atomic mass is 10.2. The monoisotopic (exact) mass is 270 g/mol. The van der Waals surface area contributed by atoms with E-state index in [2.05, 4.69) is 30.2 Å². The summed E-state index contributed by atoms with van der Waals surface area (Å²) in [6.07, 6.45) is 0. The third-order valence-corrected chi connectivity index (χ3v) is 3.00. The van der Waals surface area contributed by atoms with E-state index in [0.717, 1.165) is 24.5 Å².